The molecule has 2 rings (SSSR count). The number of carbonyl (C=O) groups is 1. The van der Waals surface area contributed by atoms with E-state index < -0.39 is 0 Å². The maximum atomic E-state index is 12.1. The molecule has 0 unspecified atom stereocenters. The van der Waals surface area contributed by atoms with Crippen molar-refractivity contribution in [3.8, 4) is 11.5 Å². The molecule has 98 valence electrons. The van der Waals surface area contributed by atoms with Gasteiger partial charge in [0.05, 0.1) is 26.7 Å². The van der Waals surface area contributed by atoms with Gasteiger partial charge in [0.15, 0.2) is 0 Å². The van der Waals surface area contributed by atoms with Gasteiger partial charge in [-0.15, -0.1) is 0 Å². The van der Waals surface area contributed by atoms with Crippen LogP contribution in [0.1, 0.15) is 5.56 Å². The fourth-order valence-corrected chi connectivity index (χ4v) is 1.99. The number of amides is 1. The summed E-state index contributed by atoms with van der Waals surface area (Å²) < 4.78 is 10.4. The average molecular weight is 251 g/mol. The Morgan fingerprint density at radius 2 is 2.17 bits per heavy atom. The highest BCUT2D eigenvalue weighted by atomic mass is 16.5. The quantitative estimate of drug-likeness (QED) is 0.863. The third-order valence-corrected chi connectivity index (χ3v) is 2.97. The third-order valence-electron chi connectivity index (χ3n) is 2.97. The highest BCUT2D eigenvalue weighted by molar-refractivity contribution is 5.79. The molecule has 0 saturated carbocycles. The highest BCUT2D eigenvalue weighted by Gasteiger charge is 2.18. The van der Waals surface area contributed by atoms with Gasteiger partial charge in [-0.3, -0.25) is 4.79 Å². The summed E-state index contributed by atoms with van der Waals surface area (Å²) in [6.45, 7) is 2.42. The Kier molecular flexibility index (Phi) is 4.04. The van der Waals surface area contributed by atoms with E-state index >= 15 is 0 Å². The van der Waals surface area contributed by atoms with E-state index in [1.54, 1.807) is 30.2 Å². The number of hydrogen-bond donors (Lipinski definition) is 1. The molecule has 1 aromatic carbocycles. The van der Waals surface area contributed by atoms with Crippen molar-refractivity contribution in [2.24, 2.45) is 0 Å². The minimum absolute atomic E-state index is 0.0298. The van der Waals surface area contributed by atoms with Crippen molar-refractivity contribution in [1.82, 2.24) is 4.90 Å². The number of aromatic hydroxyl groups is 1. The van der Waals surface area contributed by atoms with Crippen molar-refractivity contribution in [3.05, 3.63) is 23.8 Å². The van der Waals surface area contributed by atoms with Gasteiger partial charge in [-0.25, -0.2) is 0 Å². The predicted octanol–water partition coefficient (Wildman–Crippen LogP) is 0.802. The molecule has 0 radical (unpaired) electrons. The normalized spacial score (nSPS) is 15.5. The number of benzene rings is 1. The van der Waals surface area contributed by atoms with Gasteiger partial charge >= 0.3 is 0 Å². The molecule has 0 bridgehead atoms. The van der Waals surface area contributed by atoms with Gasteiger partial charge in [-0.1, -0.05) is 0 Å². The van der Waals surface area contributed by atoms with Crippen LogP contribution in [0.2, 0.25) is 0 Å². The fourth-order valence-electron chi connectivity index (χ4n) is 1.99. The first kappa shape index (κ1) is 12.7. The maximum absolute atomic E-state index is 12.1. The van der Waals surface area contributed by atoms with Gasteiger partial charge in [-0.2, -0.15) is 0 Å². The van der Waals surface area contributed by atoms with Crippen LogP contribution in [0.4, 0.5) is 0 Å². The van der Waals surface area contributed by atoms with E-state index in [1.165, 1.54) is 0 Å². The van der Waals surface area contributed by atoms with E-state index in [-0.39, 0.29) is 18.1 Å². The molecule has 1 amide bonds. The zero-order chi connectivity index (χ0) is 13.0. The van der Waals surface area contributed by atoms with Gasteiger partial charge in [-0.05, 0) is 18.2 Å². The van der Waals surface area contributed by atoms with Crippen molar-refractivity contribution in [3.63, 3.8) is 0 Å². The van der Waals surface area contributed by atoms with Crippen molar-refractivity contribution < 1.29 is 19.4 Å². The molecule has 0 spiro atoms. The number of methoxy groups -OCH3 is 1. The third kappa shape index (κ3) is 2.92. The van der Waals surface area contributed by atoms with Gasteiger partial charge in [0.25, 0.3) is 0 Å². The first-order valence-electron chi connectivity index (χ1n) is 5.92. The number of hydrogen-bond acceptors (Lipinski definition) is 4. The first-order chi connectivity index (χ1) is 8.70. The molecular weight excluding hydrogens is 234 g/mol. The number of rotatable bonds is 3. The number of carbonyl (C=O) groups excluding carboxylic acids is 1. The summed E-state index contributed by atoms with van der Waals surface area (Å²) in [6, 6.07) is 4.77. The smallest absolute Gasteiger partial charge is 0.227 e. The van der Waals surface area contributed by atoms with Crippen molar-refractivity contribution in [2.45, 2.75) is 6.42 Å². The lowest BCUT2D eigenvalue weighted by molar-refractivity contribution is -0.134. The van der Waals surface area contributed by atoms with Crippen LogP contribution in [0.15, 0.2) is 18.2 Å². The van der Waals surface area contributed by atoms with E-state index in [4.69, 9.17) is 9.47 Å². The summed E-state index contributed by atoms with van der Waals surface area (Å²) in [7, 11) is 1.55. The van der Waals surface area contributed by atoms with Crippen LogP contribution in [0.5, 0.6) is 11.5 Å². The molecule has 1 aromatic rings. The van der Waals surface area contributed by atoms with Crippen molar-refractivity contribution in [1.29, 1.82) is 0 Å². The molecule has 1 aliphatic heterocycles. The topological polar surface area (TPSA) is 59.0 Å². The molecule has 0 aromatic heterocycles. The van der Waals surface area contributed by atoms with Crippen LogP contribution in [0.3, 0.4) is 0 Å². The lowest BCUT2D eigenvalue weighted by atomic mass is 10.1. The Labute approximate surface area is 106 Å². The molecule has 5 nitrogen and oxygen atoms in total. The number of nitrogens with zero attached hydrogens (tertiary/aromatic N) is 1. The SMILES string of the molecule is COc1ccc(O)cc1CC(=O)N1CCOCC1. The molecule has 1 aliphatic rings. The highest BCUT2D eigenvalue weighted by Crippen LogP contribution is 2.24. The van der Waals surface area contributed by atoms with Crippen LogP contribution < -0.4 is 4.74 Å². The standard InChI is InChI=1S/C13H17NO4/c1-17-12-3-2-11(15)8-10(12)9-13(16)14-4-6-18-7-5-14/h2-3,8,15H,4-7,9H2,1H3. The van der Waals surface area contributed by atoms with Crippen LogP contribution in [-0.2, 0) is 16.0 Å². The Hall–Kier alpha value is -1.75. The van der Waals surface area contributed by atoms with E-state index in [2.05, 4.69) is 0 Å². The summed E-state index contributed by atoms with van der Waals surface area (Å²) in [5.74, 6) is 0.789. The molecule has 18 heavy (non-hydrogen) atoms. The lowest BCUT2D eigenvalue weighted by Crippen LogP contribution is -2.41. The van der Waals surface area contributed by atoms with Gasteiger partial charge in [0.2, 0.25) is 5.91 Å². The molecule has 0 atom stereocenters. The summed E-state index contributed by atoms with van der Waals surface area (Å²) in [6.07, 6.45) is 0.234. The number of morpholine rings is 1. The van der Waals surface area contributed by atoms with E-state index in [0.29, 0.717) is 37.6 Å². The molecule has 1 fully saturated rings. The van der Waals surface area contributed by atoms with Crippen molar-refractivity contribution in [2.75, 3.05) is 33.4 Å². The van der Waals surface area contributed by atoms with Gasteiger partial charge < -0.3 is 19.5 Å². The van der Waals surface area contributed by atoms with Crippen LogP contribution >= 0.6 is 0 Å². The van der Waals surface area contributed by atoms with E-state index in [0.717, 1.165) is 0 Å². The average Bonchev–Trinajstić information content (AvgIpc) is 2.40. The summed E-state index contributed by atoms with van der Waals surface area (Å²) in [5.41, 5.74) is 0.703. The van der Waals surface area contributed by atoms with Gasteiger partial charge in [0, 0.05) is 18.7 Å². The van der Waals surface area contributed by atoms with E-state index in [9.17, 15) is 9.90 Å². The van der Waals surface area contributed by atoms with Crippen molar-refractivity contribution >= 4 is 5.91 Å². The molecule has 0 aliphatic carbocycles. The molecule has 1 saturated heterocycles. The fraction of sp³-hybridized carbons (Fsp3) is 0.462. The molecular formula is C13H17NO4. The predicted molar refractivity (Wildman–Crippen MR) is 65.8 cm³/mol. The number of phenolic OH excluding ortho intramolecular Hbond substituents is 1. The second-order valence-corrected chi connectivity index (χ2v) is 4.17. The number of phenols is 1. The van der Waals surface area contributed by atoms with E-state index in [1.807, 2.05) is 0 Å². The second kappa shape index (κ2) is 5.73. The lowest BCUT2D eigenvalue weighted by Gasteiger charge is -2.27. The minimum atomic E-state index is 0.0298. The Bertz CT molecular complexity index is 427. The Morgan fingerprint density at radius 1 is 1.44 bits per heavy atom. The Morgan fingerprint density at radius 3 is 2.83 bits per heavy atom. The number of ether oxygens (including phenoxy) is 2. The maximum Gasteiger partial charge on any atom is 0.227 e. The summed E-state index contributed by atoms with van der Waals surface area (Å²) >= 11 is 0. The second-order valence-electron chi connectivity index (χ2n) is 4.17. The largest absolute Gasteiger partial charge is 0.508 e. The Balaban J connectivity index is 2.07. The zero-order valence-electron chi connectivity index (χ0n) is 10.4. The van der Waals surface area contributed by atoms with Gasteiger partial charge in [0.1, 0.15) is 11.5 Å². The van der Waals surface area contributed by atoms with Crippen LogP contribution in [-0.4, -0.2) is 49.3 Å². The molecule has 5 heteroatoms. The summed E-state index contributed by atoms with van der Waals surface area (Å²) in [5, 5.41) is 9.46. The molecule has 1 heterocycles. The first-order valence-corrected chi connectivity index (χ1v) is 5.92. The van der Waals surface area contributed by atoms with Crippen LogP contribution in [0.25, 0.3) is 0 Å². The zero-order valence-corrected chi connectivity index (χ0v) is 10.4. The van der Waals surface area contributed by atoms with Crippen LogP contribution in [0, 0.1) is 0 Å². The summed E-state index contributed by atoms with van der Waals surface area (Å²) in [4.78, 5) is 13.9. The molecule has 1 N–H and O–H groups in total. The minimum Gasteiger partial charge on any atom is -0.508 e. The monoisotopic (exact) mass is 251 g/mol.